The van der Waals surface area contributed by atoms with Crippen LogP contribution in [0.2, 0.25) is 0 Å². The Kier molecular flexibility index (Phi) is 4.30. The number of nitrogens with one attached hydrogen (secondary N) is 2. The zero-order chi connectivity index (χ0) is 19.0. The Morgan fingerprint density at radius 1 is 1.26 bits per heavy atom. The first-order valence-corrected chi connectivity index (χ1v) is 9.00. The van der Waals surface area contributed by atoms with Crippen molar-refractivity contribution in [2.45, 2.75) is 38.6 Å². The Bertz CT molecular complexity index is 993. The lowest BCUT2D eigenvalue weighted by Crippen LogP contribution is -2.26. The van der Waals surface area contributed by atoms with Crippen LogP contribution in [0.1, 0.15) is 41.4 Å². The molecule has 27 heavy (non-hydrogen) atoms. The molecule has 4 rings (SSSR count). The molecule has 6 nitrogen and oxygen atoms in total. The first-order valence-electron chi connectivity index (χ1n) is 9.00. The molecular formula is C20H21FN4O2. The minimum Gasteiger partial charge on any atom is -0.442 e. The number of nitrogens with zero attached hydrogens (tertiary/aromatic N) is 2. The number of amides is 1. The molecule has 0 saturated heterocycles. The molecule has 3 aromatic rings. The number of furan rings is 1. The van der Waals surface area contributed by atoms with Gasteiger partial charge in [-0.2, -0.15) is 0 Å². The first-order chi connectivity index (χ1) is 13.0. The van der Waals surface area contributed by atoms with Crippen molar-refractivity contribution in [2.75, 3.05) is 11.9 Å². The Hall–Kier alpha value is -2.96. The smallest absolute Gasteiger partial charge is 0.255 e. The summed E-state index contributed by atoms with van der Waals surface area (Å²) in [6.45, 7) is 4.31. The maximum absolute atomic E-state index is 13.0. The lowest BCUT2D eigenvalue weighted by Gasteiger charge is -2.13. The zero-order valence-electron chi connectivity index (χ0n) is 15.3. The van der Waals surface area contributed by atoms with E-state index in [1.165, 1.54) is 18.5 Å². The van der Waals surface area contributed by atoms with Crippen molar-refractivity contribution in [1.82, 2.24) is 15.3 Å². The maximum Gasteiger partial charge on any atom is 0.255 e. The first kappa shape index (κ1) is 17.5. The molecule has 1 saturated carbocycles. The van der Waals surface area contributed by atoms with E-state index in [2.05, 4.69) is 27.5 Å². The summed E-state index contributed by atoms with van der Waals surface area (Å²) >= 11 is 0. The number of carbonyl (C=O) groups is 1. The molecule has 0 atom stereocenters. The van der Waals surface area contributed by atoms with Gasteiger partial charge in [-0.1, -0.05) is 12.1 Å². The standard InChI is InChI=1S/C20H21FN4O2/c1-12-15(18(26)22-10-7-13-3-5-14(21)6-4-13)16-17(25-20(2)8-9-20)23-11-24-19(16)27-12/h3-6,11H,7-10H2,1-2H3,(H,22,26)(H,23,24,25). The molecule has 1 aliphatic carbocycles. The topological polar surface area (TPSA) is 80.1 Å². The minimum absolute atomic E-state index is 0.0167. The second-order valence-corrected chi connectivity index (χ2v) is 7.25. The highest BCUT2D eigenvalue weighted by atomic mass is 19.1. The quantitative estimate of drug-likeness (QED) is 0.695. The lowest BCUT2D eigenvalue weighted by molar-refractivity contribution is 0.0954. The fraction of sp³-hybridized carbons (Fsp3) is 0.350. The van der Waals surface area contributed by atoms with Crippen LogP contribution in [0.5, 0.6) is 0 Å². The van der Waals surface area contributed by atoms with E-state index in [1.54, 1.807) is 19.1 Å². The van der Waals surface area contributed by atoms with Crippen molar-refractivity contribution in [3.8, 4) is 0 Å². The molecule has 0 bridgehead atoms. The highest BCUT2D eigenvalue weighted by Gasteiger charge is 2.38. The predicted octanol–water partition coefficient (Wildman–Crippen LogP) is 3.61. The summed E-state index contributed by atoms with van der Waals surface area (Å²) in [5.41, 5.74) is 1.83. The maximum atomic E-state index is 13.0. The van der Waals surface area contributed by atoms with Gasteiger partial charge in [0.25, 0.3) is 5.91 Å². The molecule has 1 aliphatic rings. The number of aryl methyl sites for hydroxylation is 1. The zero-order valence-corrected chi connectivity index (χ0v) is 15.3. The summed E-state index contributed by atoms with van der Waals surface area (Å²) in [6, 6.07) is 6.26. The van der Waals surface area contributed by atoms with Crippen LogP contribution in [-0.4, -0.2) is 28.0 Å². The third kappa shape index (κ3) is 3.63. The van der Waals surface area contributed by atoms with Crippen molar-refractivity contribution >= 4 is 22.8 Å². The van der Waals surface area contributed by atoms with Gasteiger partial charge in [0.15, 0.2) is 0 Å². The van der Waals surface area contributed by atoms with E-state index in [0.717, 1.165) is 18.4 Å². The average Bonchev–Trinajstić information content (AvgIpc) is 3.25. The van der Waals surface area contributed by atoms with Crippen LogP contribution in [0.15, 0.2) is 35.0 Å². The van der Waals surface area contributed by atoms with E-state index in [9.17, 15) is 9.18 Å². The SMILES string of the molecule is Cc1oc2ncnc(NC3(C)CC3)c2c1C(=O)NCCc1ccc(F)cc1. The number of carbonyl (C=O) groups excluding carboxylic acids is 1. The van der Waals surface area contributed by atoms with Crippen LogP contribution in [0, 0.1) is 12.7 Å². The van der Waals surface area contributed by atoms with E-state index >= 15 is 0 Å². The van der Waals surface area contributed by atoms with Crippen LogP contribution < -0.4 is 10.6 Å². The highest BCUT2D eigenvalue weighted by molar-refractivity contribution is 6.10. The molecule has 0 spiro atoms. The van der Waals surface area contributed by atoms with Crippen molar-refractivity contribution in [3.63, 3.8) is 0 Å². The molecule has 2 N–H and O–H groups in total. The van der Waals surface area contributed by atoms with Crippen LogP contribution >= 0.6 is 0 Å². The van der Waals surface area contributed by atoms with Gasteiger partial charge < -0.3 is 15.1 Å². The molecule has 1 amide bonds. The van der Waals surface area contributed by atoms with Crippen molar-refractivity contribution < 1.29 is 13.6 Å². The Morgan fingerprint density at radius 2 is 2.00 bits per heavy atom. The third-order valence-corrected chi connectivity index (χ3v) is 4.92. The van der Waals surface area contributed by atoms with Gasteiger partial charge in [0, 0.05) is 12.1 Å². The van der Waals surface area contributed by atoms with Gasteiger partial charge in [0.1, 0.15) is 23.7 Å². The summed E-state index contributed by atoms with van der Waals surface area (Å²) in [5, 5.41) is 6.93. The molecule has 140 valence electrons. The van der Waals surface area contributed by atoms with E-state index in [1.807, 2.05) is 0 Å². The highest BCUT2D eigenvalue weighted by Crippen LogP contribution is 2.40. The monoisotopic (exact) mass is 368 g/mol. The number of aromatic nitrogens is 2. The average molecular weight is 368 g/mol. The Morgan fingerprint density at radius 3 is 2.70 bits per heavy atom. The number of benzene rings is 1. The Labute approximate surface area is 156 Å². The van der Waals surface area contributed by atoms with Gasteiger partial charge in [-0.15, -0.1) is 0 Å². The van der Waals surface area contributed by atoms with Gasteiger partial charge in [0.05, 0.1) is 10.9 Å². The van der Waals surface area contributed by atoms with Gasteiger partial charge in [-0.3, -0.25) is 4.79 Å². The number of rotatable bonds is 6. The number of hydrogen-bond acceptors (Lipinski definition) is 5. The number of halogens is 1. The molecule has 2 aromatic heterocycles. The number of hydrogen-bond donors (Lipinski definition) is 2. The second kappa shape index (κ2) is 6.64. The van der Waals surface area contributed by atoms with Gasteiger partial charge >= 0.3 is 0 Å². The van der Waals surface area contributed by atoms with Gasteiger partial charge in [-0.05, 0) is 50.8 Å². The van der Waals surface area contributed by atoms with Crippen LogP contribution in [0.4, 0.5) is 10.2 Å². The third-order valence-electron chi connectivity index (χ3n) is 4.92. The molecule has 0 unspecified atom stereocenters. The van der Waals surface area contributed by atoms with E-state index in [-0.39, 0.29) is 17.3 Å². The molecule has 1 aromatic carbocycles. The Balaban J connectivity index is 1.54. The van der Waals surface area contributed by atoms with Gasteiger partial charge in [0.2, 0.25) is 5.71 Å². The van der Waals surface area contributed by atoms with Crippen molar-refractivity contribution in [1.29, 1.82) is 0 Å². The summed E-state index contributed by atoms with van der Waals surface area (Å²) < 4.78 is 18.7. The lowest BCUT2D eigenvalue weighted by atomic mass is 10.1. The molecule has 0 radical (unpaired) electrons. The van der Waals surface area contributed by atoms with Crippen LogP contribution in [0.3, 0.4) is 0 Å². The molecule has 1 fully saturated rings. The summed E-state index contributed by atoms with van der Waals surface area (Å²) in [5.74, 6) is 0.633. The van der Waals surface area contributed by atoms with Crippen molar-refractivity contribution in [3.05, 3.63) is 53.3 Å². The molecule has 7 heteroatoms. The fourth-order valence-corrected chi connectivity index (χ4v) is 3.07. The molecule has 2 heterocycles. The van der Waals surface area contributed by atoms with Crippen LogP contribution in [0.25, 0.3) is 11.1 Å². The van der Waals surface area contributed by atoms with Crippen molar-refractivity contribution in [2.24, 2.45) is 0 Å². The number of anilines is 1. The fourth-order valence-electron chi connectivity index (χ4n) is 3.07. The van der Waals surface area contributed by atoms with Crippen LogP contribution in [-0.2, 0) is 6.42 Å². The number of fused-ring (bicyclic) bond motifs is 1. The minimum atomic E-state index is -0.271. The van der Waals surface area contributed by atoms with E-state index in [4.69, 9.17) is 4.42 Å². The predicted molar refractivity (Wildman–Crippen MR) is 100 cm³/mol. The van der Waals surface area contributed by atoms with E-state index < -0.39 is 0 Å². The summed E-state index contributed by atoms with van der Waals surface area (Å²) in [4.78, 5) is 21.3. The molecule has 0 aliphatic heterocycles. The normalized spacial score (nSPS) is 14.9. The summed E-state index contributed by atoms with van der Waals surface area (Å²) in [7, 11) is 0. The van der Waals surface area contributed by atoms with Gasteiger partial charge in [-0.25, -0.2) is 14.4 Å². The van der Waals surface area contributed by atoms with E-state index in [0.29, 0.717) is 41.2 Å². The molecular weight excluding hydrogens is 347 g/mol. The summed E-state index contributed by atoms with van der Waals surface area (Å²) in [6.07, 6.45) is 4.18. The largest absolute Gasteiger partial charge is 0.442 e. The second-order valence-electron chi connectivity index (χ2n) is 7.25.